The lowest BCUT2D eigenvalue weighted by molar-refractivity contribution is 0.476. The van der Waals surface area contributed by atoms with Gasteiger partial charge in [0.2, 0.25) is 0 Å². The van der Waals surface area contributed by atoms with Crippen LogP contribution in [0.1, 0.15) is 36.4 Å². The molecular weight excluding hydrogens is 259 g/mol. The number of fused-ring (bicyclic) bond motifs is 1. The molecule has 1 aromatic carbocycles. The Morgan fingerprint density at radius 3 is 2.89 bits per heavy atom. The zero-order valence-electron chi connectivity index (χ0n) is 10.9. The summed E-state index contributed by atoms with van der Waals surface area (Å²) in [5.41, 5.74) is 2.23. The van der Waals surface area contributed by atoms with E-state index in [1.54, 1.807) is 11.3 Å². The third-order valence-electron chi connectivity index (χ3n) is 3.49. The monoisotopic (exact) mass is 276 g/mol. The summed E-state index contributed by atoms with van der Waals surface area (Å²) in [6.45, 7) is 3.12. The van der Waals surface area contributed by atoms with Gasteiger partial charge >= 0.3 is 0 Å². The molecule has 1 N–H and O–H groups in total. The lowest BCUT2D eigenvalue weighted by atomic mass is 9.98. The number of halogens is 1. The van der Waals surface area contributed by atoms with Gasteiger partial charge in [-0.1, -0.05) is 6.92 Å². The molecule has 2 nitrogen and oxygen atoms in total. The van der Waals surface area contributed by atoms with Crippen molar-refractivity contribution in [2.45, 2.75) is 32.2 Å². The molecule has 3 rings (SSSR count). The molecule has 0 saturated heterocycles. The second-order valence-electron chi connectivity index (χ2n) is 4.84. The fourth-order valence-corrected chi connectivity index (χ4v) is 3.80. The zero-order valence-corrected chi connectivity index (χ0v) is 11.8. The molecule has 1 aliphatic rings. The minimum Gasteiger partial charge on any atom is -0.309 e. The predicted octanol–water partition coefficient (Wildman–Crippen LogP) is 3.94. The Morgan fingerprint density at radius 2 is 2.16 bits per heavy atom. The molecule has 100 valence electrons. The van der Waals surface area contributed by atoms with Gasteiger partial charge in [0, 0.05) is 16.5 Å². The van der Waals surface area contributed by atoms with Gasteiger partial charge in [-0.3, -0.25) is 0 Å². The van der Waals surface area contributed by atoms with Crippen molar-refractivity contribution in [3.05, 3.63) is 40.7 Å². The molecule has 1 aromatic heterocycles. The first-order valence-electron chi connectivity index (χ1n) is 6.77. The Bertz CT molecular complexity index is 562. The number of benzene rings is 1. The van der Waals surface area contributed by atoms with Gasteiger partial charge in [-0.2, -0.15) is 0 Å². The van der Waals surface area contributed by atoms with Crippen molar-refractivity contribution in [3.63, 3.8) is 0 Å². The highest BCUT2D eigenvalue weighted by molar-refractivity contribution is 7.15. The highest BCUT2D eigenvalue weighted by Gasteiger charge is 2.24. The smallest absolute Gasteiger partial charge is 0.123 e. The van der Waals surface area contributed by atoms with Crippen LogP contribution in [0.15, 0.2) is 24.3 Å². The number of aromatic nitrogens is 1. The summed E-state index contributed by atoms with van der Waals surface area (Å²) in [4.78, 5) is 6.11. The van der Waals surface area contributed by atoms with Crippen LogP contribution < -0.4 is 5.32 Å². The third kappa shape index (κ3) is 2.55. The topological polar surface area (TPSA) is 24.9 Å². The van der Waals surface area contributed by atoms with Crippen LogP contribution in [0.4, 0.5) is 4.39 Å². The van der Waals surface area contributed by atoms with Crippen LogP contribution in [0.2, 0.25) is 0 Å². The van der Waals surface area contributed by atoms with E-state index in [9.17, 15) is 4.39 Å². The summed E-state index contributed by atoms with van der Waals surface area (Å²) in [5, 5.41) is 4.53. The fourth-order valence-electron chi connectivity index (χ4n) is 2.58. The second kappa shape index (κ2) is 5.39. The third-order valence-corrected chi connectivity index (χ3v) is 4.75. The Hall–Kier alpha value is -1.26. The van der Waals surface area contributed by atoms with Gasteiger partial charge in [-0.15, -0.1) is 11.3 Å². The largest absolute Gasteiger partial charge is 0.309 e. The summed E-state index contributed by atoms with van der Waals surface area (Å²) in [6.07, 6.45) is 3.44. The molecule has 0 bridgehead atoms. The summed E-state index contributed by atoms with van der Waals surface area (Å²) in [6, 6.07) is 7.05. The normalized spacial score (nSPS) is 18.3. The minimum atomic E-state index is -0.199. The molecule has 1 aliphatic carbocycles. The van der Waals surface area contributed by atoms with Gasteiger partial charge < -0.3 is 5.32 Å². The number of hydrogen-bond donors (Lipinski definition) is 1. The molecule has 0 saturated carbocycles. The standard InChI is InChI=1S/C15H17FN2S/c1-2-17-12-4-3-5-13-14(12)19-15(18-13)10-6-8-11(16)9-7-10/h6-9,12,17H,2-5H2,1H3. The quantitative estimate of drug-likeness (QED) is 0.918. The average Bonchev–Trinajstić information content (AvgIpc) is 2.85. The van der Waals surface area contributed by atoms with Crippen LogP contribution in [0.3, 0.4) is 0 Å². The van der Waals surface area contributed by atoms with Gasteiger partial charge in [0.25, 0.3) is 0 Å². The summed E-state index contributed by atoms with van der Waals surface area (Å²) >= 11 is 1.75. The molecule has 1 heterocycles. The lowest BCUT2D eigenvalue weighted by Gasteiger charge is -2.21. The maximum absolute atomic E-state index is 13.0. The van der Waals surface area contributed by atoms with E-state index < -0.39 is 0 Å². The highest BCUT2D eigenvalue weighted by Crippen LogP contribution is 2.37. The molecule has 1 atom stereocenters. The summed E-state index contributed by atoms with van der Waals surface area (Å²) in [5.74, 6) is -0.199. The Kier molecular flexibility index (Phi) is 3.62. The van der Waals surface area contributed by atoms with Crippen molar-refractivity contribution >= 4 is 11.3 Å². The van der Waals surface area contributed by atoms with Gasteiger partial charge in [0.1, 0.15) is 10.8 Å². The van der Waals surface area contributed by atoms with Crippen molar-refractivity contribution in [1.29, 1.82) is 0 Å². The van der Waals surface area contributed by atoms with E-state index in [1.165, 1.54) is 35.5 Å². The van der Waals surface area contributed by atoms with Crippen LogP contribution in [0.25, 0.3) is 10.6 Å². The maximum Gasteiger partial charge on any atom is 0.123 e. The molecule has 4 heteroatoms. The predicted molar refractivity (Wildman–Crippen MR) is 76.9 cm³/mol. The first-order valence-corrected chi connectivity index (χ1v) is 7.58. The first-order chi connectivity index (χ1) is 9.28. The van der Waals surface area contributed by atoms with Crippen molar-refractivity contribution in [2.75, 3.05) is 6.54 Å². The van der Waals surface area contributed by atoms with Gasteiger partial charge in [0.05, 0.1) is 5.69 Å². The van der Waals surface area contributed by atoms with E-state index in [4.69, 9.17) is 4.98 Å². The number of nitrogens with zero attached hydrogens (tertiary/aromatic N) is 1. The van der Waals surface area contributed by atoms with Crippen molar-refractivity contribution < 1.29 is 4.39 Å². The maximum atomic E-state index is 13.0. The molecule has 19 heavy (non-hydrogen) atoms. The van der Waals surface area contributed by atoms with Gasteiger partial charge in [-0.25, -0.2) is 9.37 Å². The fraction of sp³-hybridized carbons (Fsp3) is 0.400. The van der Waals surface area contributed by atoms with E-state index in [2.05, 4.69) is 12.2 Å². The Labute approximate surface area is 116 Å². The van der Waals surface area contributed by atoms with Crippen LogP contribution in [-0.2, 0) is 6.42 Å². The minimum absolute atomic E-state index is 0.199. The van der Waals surface area contributed by atoms with Crippen molar-refractivity contribution in [2.24, 2.45) is 0 Å². The van der Waals surface area contributed by atoms with Crippen LogP contribution in [0, 0.1) is 5.82 Å². The molecule has 0 radical (unpaired) electrons. The number of nitrogens with one attached hydrogen (secondary N) is 1. The van der Waals surface area contributed by atoms with E-state index >= 15 is 0 Å². The van der Waals surface area contributed by atoms with Gasteiger partial charge in [-0.05, 0) is 50.1 Å². The van der Waals surface area contributed by atoms with Gasteiger partial charge in [0.15, 0.2) is 0 Å². The van der Waals surface area contributed by atoms with E-state index in [-0.39, 0.29) is 5.82 Å². The zero-order chi connectivity index (χ0) is 13.2. The summed E-state index contributed by atoms with van der Waals surface area (Å²) < 4.78 is 13.0. The van der Waals surface area contributed by atoms with Crippen LogP contribution >= 0.6 is 11.3 Å². The van der Waals surface area contributed by atoms with E-state index in [1.807, 2.05) is 12.1 Å². The SMILES string of the molecule is CCNC1CCCc2nc(-c3ccc(F)cc3)sc21. The molecular formula is C15H17FN2S. The van der Waals surface area contributed by atoms with E-state index in [0.717, 1.165) is 23.5 Å². The average molecular weight is 276 g/mol. The van der Waals surface area contributed by atoms with Crippen molar-refractivity contribution in [1.82, 2.24) is 10.3 Å². The molecule has 0 fully saturated rings. The van der Waals surface area contributed by atoms with Crippen LogP contribution in [-0.4, -0.2) is 11.5 Å². The van der Waals surface area contributed by atoms with Crippen LogP contribution in [0.5, 0.6) is 0 Å². The van der Waals surface area contributed by atoms with Crippen molar-refractivity contribution in [3.8, 4) is 10.6 Å². The highest BCUT2D eigenvalue weighted by atomic mass is 32.1. The second-order valence-corrected chi connectivity index (χ2v) is 5.87. The lowest BCUT2D eigenvalue weighted by Crippen LogP contribution is -2.23. The Balaban J connectivity index is 1.95. The summed E-state index contributed by atoms with van der Waals surface area (Å²) in [7, 11) is 0. The first kappa shape index (κ1) is 12.8. The molecule has 2 aromatic rings. The number of thiazole rings is 1. The molecule has 0 amide bonds. The molecule has 0 spiro atoms. The molecule has 0 aliphatic heterocycles. The number of rotatable bonds is 3. The number of hydrogen-bond acceptors (Lipinski definition) is 3. The Morgan fingerprint density at radius 1 is 1.37 bits per heavy atom. The number of aryl methyl sites for hydroxylation is 1. The van der Waals surface area contributed by atoms with E-state index in [0.29, 0.717) is 6.04 Å². The molecule has 1 unspecified atom stereocenters.